The SMILES string of the molecule is N#C/C(=C/Nc1cccc2c(O)cccc12)C(=O)Nc1cccc2c(O)cccc12. The van der Waals surface area contributed by atoms with Gasteiger partial charge in [-0.2, -0.15) is 5.26 Å². The number of anilines is 2. The fraction of sp³-hybridized carbons (Fsp3) is 0. The molecule has 0 aliphatic carbocycles. The van der Waals surface area contributed by atoms with E-state index in [0.717, 1.165) is 5.39 Å². The van der Waals surface area contributed by atoms with Crippen molar-refractivity contribution in [1.29, 1.82) is 5.26 Å². The number of rotatable bonds is 4. The first kappa shape index (κ1) is 18.8. The topological polar surface area (TPSA) is 105 Å². The third kappa shape index (κ3) is 3.48. The summed E-state index contributed by atoms with van der Waals surface area (Å²) in [5.41, 5.74) is 1.02. The molecular formula is C24H17N3O3. The molecule has 0 saturated heterocycles. The van der Waals surface area contributed by atoms with E-state index in [1.165, 1.54) is 6.20 Å². The first-order chi connectivity index (χ1) is 14.6. The molecular weight excluding hydrogens is 378 g/mol. The molecule has 0 unspecified atom stereocenters. The monoisotopic (exact) mass is 395 g/mol. The normalized spacial score (nSPS) is 11.2. The van der Waals surface area contributed by atoms with E-state index in [0.29, 0.717) is 27.5 Å². The Balaban J connectivity index is 1.62. The molecule has 146 valence electrons. The van der Waals surface area contributed by atoms with Gasteiger partial charge in [0.1, 0.15) is 23.1 Å². The zero-order valence-corrected chi connectivity index (χ0v) is 15.8. The minimum Gasteiger partial charge on any atom is -0.507 e. The van der Waals surface area contributed by atoms with Crippen LogP contribution in [0.1, 0.15) is 0 Å². The largest absolute Gasteiger partial charge is 0.507 e. The molecule has 0 bridgehead atoms. The van der Waals surface area contributed by atoms with Gasteiger partial charge in [0.2, 0.25) is 0 Å². The molecule has 0 radical (unpaired) electrons. The quantitative estimate of drug-likeness (QED) is 0.292. The third-order valence-electron chi connectivity index (χ3n) is 4.78. The number of phenolic OH excluding ortho intramolecular Hbond substituents is 2. The van der Waals surface area contributed by atoms with Gasteiger partial charge in [0.25, 0.3) is 5.91 Å². The van der Waals surface area contributed by atoms with Crippen LogP contribution in [0.5, 0.6) is 11.5 Å². The average molecular weight is 395 g/mol. The highest BCUT2D eigenvalue weighted by molar-refractivity contribution is 6.11. The average Bonchev–Trinajstić information content (AvgIpc) is 2.75. The molecule has 30 heavy (non-hydrogen) atoms. The van der Waals surface area contributed by atoms with Gasteiger partial charge >= 0.3 is 0 Å². The lowest BCUT2D eigenvalue weighted by Crippen LogP contribution is -2.14. The maximum absolute atomic E-state index is 12.7. The van der Waals surface area contributed by atoms with E-state index in [-0.39, 0.29) is 17.1 Å². The first-order valence-corrected chi connectivity index (χ1v) is 9.18. The van der Waals surface area contributed by atoms with Gasteiger partial charge in [0.05, 0.1) is 0 Å². The summed E-state index contributed by atoms with van der Waals surface area (Å²) in [6.07, 6.45) is 1.33. The second-order valence-corrected chi connectivity index (χ2v) is 6.62. The van der Waals surface area contributed by atoms with E-state index in [9.17, 15) is 20.3 Å². The van der Waals surface area contributed by atoms with Gasteiger partial charge in [0.15, 0.2) is 0 Å². The van der Waals surface area contributed by atoms with E-state index in [1.54, 1.807) is 66.7 Å². The second-order valence-electron chi connectivity index (χ2n) is 6.62. The Morgan fingerprint density at radius 3 is 1.87 bits per heavy atom. The number of amides is 1. The lowest BCUT2D eigenvalue weighted by molar-refractivity contribution is -0.112. The first-order valence-electron chi connectivity index (χ1n) is 9.18. The van der Waals surface area contributed by atoms with Crippen LogP contribution in [0.3, 0.4) is 0 Å². The molecule has 0 aromatic heterocycles. The van der Waals surface area contributed by atoms with Crippen molar-refractivity contribution >= 4 is 38.8 Å². The lowest BCUT2D eigenvalue weighted by atomic mass is 10.1. The lowest BCUT2D eigenvalue weighted by Gasteiger charge is -2.10. The molecule has 0 fully saturated rings. The molecule has 4 N–H and O–H groups in total. The standard InChI is InChI=1S/C24H17N3O3/c25-13-15(14-26-20-9-1-7-18-16(20)5-3-11-22(18)28)24(30)27-21-10-2-8-19-17(21)6-4-12-23(19)29/h1-12,14,26,28-29H,(H,27,30)/b15-14-. The Morgan fingerprint density at radius 1 is 0.767 bits per heavy atom. The molecule has 6 heteroatoms. The number of phenols is 2. The van der Waals surface area contributed by atoms with Crippen LogP contribution >= 0.6 is 0 Å². The maximum Gasteiger partial charge on any atom is 0.267 e. The third-order valence-corrected chi connectivity index (χ3v) is 4.78. The van der Waals surface area contributed by atoms with E-state index < -0.39 is 5.91 Å². The van der Waals surface area contributed by atoms with Crippen LogP contribution in [-0.4, -0.2) is 16.1 Å². The molecule has 0 spiro atoms. The van der Waals surface area contributed by atoms with Gasteiger partial charge in [0, 0.05) is 39.1 Å². The van der Waals surface area contributed by atoms with Gasteiger partial charge in [-0.3, -0.25) is 4.79 Å². The Labute approximate surface area is 172 Å². The Hall–Kier alpha value is -4.50. The molecule has 6 nitrogen and oxygen atoms in total. The van der Waals surface area contributed by atoms with Crippen LogP contribution in [0.4, 0.5) is 11.4 Å². The summed E-state index contributed by atoms with van der Waals surface area (Å²) in [5, 5.41) is 37.9. The predicted molar refractivity (Wildman–Crippen MR) is 117 cm³/mol. The predicted octanol–water partition coefficient (Wildman–Crippen LogP) is 4.86. The summed E-state index contributed by atoms with van der Waals surface area (Å²) in [6, 6.07) is 22.6. The number of fused-ring (bicyclic) bond motifs is 2. The van der Waals surface area contributed by atoms with Crippen LogP contribution in [0, 0.1) is 11.3 Å². The van der Waals surface area contributed by atoms with Crippen molar-refractivity contribution in [1.82, 2.24) is 0 Å². The van der Waals surface area contributed by atoms with Crippen molar-refractivity contribution in [2.75, 3.05) is 10.6 Å². The summed E-state index contributed by atoms with van der Waals surface area (Å²) in [7, 11) is 0. The molecule has 0 heterocycles. The van der Waals surface area contributed by atoms with Crippen LogP contribution < -0.4 is 10.6 Å². The fourth-order valence-corrected chi connectivity index (χ4v) is 3.31. The Bertz CT molecular complexity index is 1350. The molecule has 1 amide bonds. The fourth-order valence-electron chi connectivity index (χ4n) is 3.31. The summed E-state index contributed by atoms with van der Waals surface area (Å²) >= 11 is 0. The molecule has 4 aromatic rings. The summed E-state index contributed by atoms with van der Waals surface area (Å²) in [5.74, 6) is -0.318. The Morgan fingerprint density at radius 2 is 1.27 bits per heavy atom. The molecule has 4 rings (SSSR count). The number of nitriles is 1. The number of carbonyl (C=O) groups excluding carboxylic acids is 1. The number of benzene rings is 4. The summed E-state index contributed by atoms with van der Waals surface area (Å²) < 4.78 is 0. The van der Waals surface area contributed by atoms with Crippen LogP contribution in [0.15, 0.2) is 84.6 Å². The van der Waals surface area contributed by atoms with Crippen LogP contribution in [-0.2, 0) is 4.79 Å². The van der Waals surface area contributed by atoms with Crippen molar-refractivity contribution in [2.24, 2.45) is 0 Å². The minimum absolute atomic E-state index is 0.112. The number of carbonyl (C=O) groups is 1. The molecule has 0 saturated carbocycles. The summed E-state index contributed by atoms with van der Waals surface area (Å²) in [6.45, 7) is 0. The van der Waals surface area contributed by atoms with Gasteiger partial charge in [-0.05, 0) is 24.3 Å². The highest BCUT2D eigenvalue weighted by atomic mass is 16.3. The second kappa shape index (κ2) is 7.86. The van der Waals surface area contributed by atoms with E-state index in [1.807, 2.05) is 12.1 Å². The minimum atomic E-state index is -0.580. The van der Waals surface area contributed by atoms with Gasteiger partial charge in [-0.15, -0.1) is 0 Å². The van der Waals surface area contributed by atoms with Crippen molar-refractivity contribution < 1.29 is 15.0 Å². The zero-order chi connectivity index (χ0) is 21.1. The molecule has 4 aromatic carbocycles. The highest BCUT2D eigenvalue weighted by Crippen LogP contribution is 2.31. The van der Waals surface area contributed by atoms with Gasteiger partial charge in [-0.1, -0.05) is 48.5 Å². The summed E-state index contributed by atoms with van der Waals surface area (Å²) in [4.78, 5) is 12.7. The van der Waals surface area contributed by atoms with Crippen molar-refractivity contribution in [3.8, 4) is 17.6 Å². The van der Waals surface area contributed by atoms with Crippen LogP contribution in [0.25, 0.3) is 21.5 Å². The van der Waals surface area contributed by atoms with Gasteiger partial charge < -0.3 is 20.8 Å². The Kier molecular flexibility index (Phi) is 4.93. The van der Waals surface area contributed by atoms with E-state index >= 15 is 0 Å². The van der Waals surface area contributed by atoms with Crippen molar-refractivity contribution in [2.45, 2.75) is 0 Å². The van der Waals surface area contributed by atoms with Crippen LogP contribution in [0.2, 0.25) is 0 Å². The number of hydrogen-bond acceptors (Lipinski definition) is 5. The smallest absolute Gasteiger partial charge is 0.267 e. The molecule has 0 aliphatic rings. The van der Waals surface area contributed by atoms with Gasteiger partial charge in [-0.25, -0.2) is 0 Å². The zero-order valence-electron chi connectivity index (χ0n) is 15.8. The molecule has 0 atom stereocenters. The maximum atomic E-state index is 12.7. The number of aromatic hydroxyl groups is 2. The molecule has 0 aliphatic heterocycles. The number of nitrogens with one attached hydrogen (secondary N) is 2. The highest BCUT2D eigenvalue weighted by Gasteiger charge is 2.12. The van der Waals surface area contributed by atoms with Crippen molar-refractivity contribution in [3.05, 3.63) is 84.6 Å². The van der Waals surface area contributed by atoms with E-state index in [2.05, 4.69) is 10.6 Å². The van der Waals surface area contributed by atoms with Crippen molar-refractivity contribution in [3.63, 3.8) is 0 Å². The van der Waals surface area contributed by atoms with E-state index in [4.69, 9.17) is 0 Å². The number of hydrogen-bond donors (Lipinski definition) is 4. The number of nitrogens with zero attached hydrogens (tertiary/aromatic N) is 1.